The van der Waals surface area contributed by atoms with Gasteiger partial charge in [0.1, 0.15) is 5.75 Å². The monoisotopic (exact) mass is 401 g/mol. The van der Waals surface area contributed by atoms with Crippen LogP contribution in [0.3, 0.4) is 0 Å². The van der Waals surface area contributed by atoms with Crippen molar-refractivity contribution in [2.45, 2.75) is 32.9 Å². The molecular formula is C20H23N3O4S. The van der Waals surface area contributed by atoms with Gasteiger partial charge in [0.2, 0.25) is 0 Å². The van der Waals surface area contributed by atoms with E-state index in [2.05, 4.69) is 5.32 Å². The van der Waals surface area contributed by atoms with Gasteiger partial charge in [0.25, 0.3) is 0 Å². The highest BCUT2D eigenvalue weighted by atomic mass is 32.2. The summed E-state index contributed by atoms with van der Waals surface area (Å²) in [7, 11) is -3.58. The zero-order valence-electron chi connectivity index (χ0n) is 16.0. The van der Waals surface area contributed by atoms with E-state index in [1.165, 1.54) is 0 Å². The number of benzene rings is 2. The quantitative estimate of drug-likeness (QED) is 0.713. The molecule has 28 heavy (non-hydrogen) atoms. The first-order valence-corrected chi connectivity index (χ1v) is 10.6. The second-order valence-electron chi connectivity index (χ2n) is 6.44. The number of nitriles is 1. The first-order chi connectivity index (χ1) is 13.2. The van der Waals surface area contributed by atoms with Crippen molar-refractivity contribution in [3.8, 4) is 11.8 Å². The molecule has 8 heteroatoms. The Balaban J connectivity index is 2.12. The van der Waals surface area contributed by atoms with Gasteiger partial charge in [-0.05, 0) is 55.3 Å². The molecule has 0 saturated carbocycles. The van der Waals surface area contributed by atoms with E-state index in [0.717, 1.165) is 18.2 Å². The number of hydrogen-bond acceptors (Lipinski definition) is 5. The Morgan fingerprint density at radius 2 is 1.79 bits per heavy atom. The first-order valence-electron chi connectivity index (χ1n) is 8.78. The molecule has 0 aliphatic heterocycles. The van der Waals surface area contributed by atoms with Gasteiger partial charge < -0.3 is 14.4 Å². The fourth-order valence-corrected chi connectivity index (χ4v) is 2.95. The van der Waals surface area contributed by atoms with Crippen molar-refractivity contribution in [3.63, 3.8) is 0 Å². The van der Waals surface area contributed by atoms with E-state index < -0.39 is 10.1 Å². The average Bonchev–Trinajstić information content (AvgIpc) is 2.66. The lowest BCUT2D eigenvalue weighted by molar-refractivity contribution is 0.187. The lowest BCUT2D eigenvalue weighted by atomic mass is 10.1. The first kappa shape index (κ1) is 21.3. The van der Waals surface area contributed by atoms with Crippen molar-refractivity contribution >= 4 is 21.8 Å². The third-order valence-corrected chi connectivity index (χ3v) is 4.67. The highest BCUT2D eigenvalue weighted by molar-refractivity contribution is 7.86. The minimum atomic E-state index is -3.58. The Bertz CT molecular complexity index is 948. The van der Waals surface area contributed by atoms with Crippen LogP contribution in [0.1, 0.15) is 31.4 Å². The number of nitrogens with one attached hydrogen (secondary N) is 1. The van der Waals surface area contributed by atoms with Crippen molar-refractivity contribution in [2.24, 2.45) is 0 Å². The Kier molecular flexibility index (Phi) is 7.01. The highest BCUT2D eigenvalue weighted by Crippen LogP contribution is 2.18. The number of hydrogen-bond donors (Lipinski definition) is 1. The van der Waals surface area contributed by atoms with Gasteiger partial charge in [-0.1, -0.05) is 19.1 Å². The molecule has 1 unspecified atom stereocenters. The van der Waals surface area contributed by atoms with E-state index in [1.54, 1.807) is 53.4 Å². The minimum absolute atomic E-state index is 0.00896. The maximum Gasteiger partial charge on any atom is 0.322 e. The fourth-order valence-electron chi connectivity index (χ4n) is 2.49. The summed E-state index contributed by atoms with van der Waals surface area (Å²) in [6.45, 7) is 4.31. The van der Waals surface area contributed by atoms with Crippen molar-refractivity contribution < 1.29 is 17.4 Å². The maximum absolute atomic E-state index is 12.8. The van der Waals surface area contributed by atoms with Crippen molar-refractivity contribution in [1.82, 2.24) is 4.90 Å². The van der Waals surface area contributed by atoms with Gasteiger partial charge in [-0.3, -0.25) is 0 Å². The predicted molar refractivity (Wildman–Crippen MR) is 107 cm³/mol. The number of amides is 2. The third-order valence-electron chi connectivity index (χ3n) is 4.17. The van der Waals surface area contributed by atoms with Gasteiger partial charge in [-0.2, -0.15) is 13.7 Å². The van der Waals surface area contributed by atoms with Crippen LogP contribution in [0.5, 0.6) is 5.75 Å². The van der Waals surface area contributed by atoms with Crippen LogP contribution in [-0.2, 0) is 16.7 Å². The van der Waals surface area contributed by atoms with Gasteiger partial charge >= 0.3 is 16.1 Å². The van der Waals surface area contributed by atoms with Crippen molar-refractivity contribution in [3.05, 3.63) is 59.7 Å². The number of carbonyl (C=O) groups is 1. The van der Waals surface area contributed by atoms with Gasteiger partial charge in [-0.15, -0.1) is 0 Å². The van der Waals surface area contributed by atoms with Crippen LogP contribution in [0.15, 0.2) is 48.5 Å². The van der Waals surface area contributed by atoms with Crippen LogP contribution in [0.2, 0.25) is 0 Å². The number of carbonyl (C=O) groups excluding carboxylic acids is 1. The molecule has 1 atom stereocenters. The highest BCUT2D eigenvalue weighted by Gasteiger charge is 2.19. The molecule has 0 aliphatic carbocycles. The number of anilines is 1. The van der Waals surface area contributed by atoms with Gasteiger partial charge in [0.05, 0.1) is 17.9 Å². The van der Waals surface area contributed by atoms with Crippen LogP contribution >= 0.6 is 0 Å². The molecule has 148 valence electrons. The summed E-state index contributed by atoms with van der Waals surface area (Å²) < 4.78 is 27.2. The Morgan fingerprint density at radius 3 is 2.29 bits per heavy atom. The molecule has 0 spiro atoms. The molecule has 2 aromatic carbocycles. The normalized spacial score (nSPS) is 11.9. The van der Waals surface area contributed by atoms with E-state index in [1.807, 2.05) is 19.9 Å². The van der Waals surface area contributed by atoms with E-state index in [9.17, 15) is 13.2 Å². The van der Waals surface area contributed by atoms with Crippen molar-refractivity contribution in [2.75, 3.05) is 11.6 Å². The Labute approximate surface area is 165 Å². The Morgan fingerprint density at radius 1 is 1.18 bits per heavy atom. The van der Waals surface area contributed by atoms with Crippen LogP contribution in [0.4, 0.5) is 10.5 Å². The van der Waals surface area contributed by atoms with Gasteiger partial charge in [-0.25, -0.2) is 4.79 Å². The topological polar surface area (TPSA) is 99.5 Å². The second kappa shape index (κ2) is 9.24. The average molecular weight is 401 g/mol. The summed E-state index contributed by atoms with van der Waals surface area (Å²) >= 11 is 0. The maximum atomic E-state index is 12.8. The molecule has 2 rings (SSSR count). The molecule has 0 saturated heterocycles. The van der Waals surface area contributed by atoms with Gasteiger partial charge in [0, 0.05) is 18.3 Å². The molecule has 2 aromatic rings. The zero-order chi connectivity index (χ0) is 20.7. The molecule has 2 amide bonds. The molecule has 1 N–H and O–H groups in total. The number of nitrogens with zero attached hydrogens (tertiary/aromatic N) is 2. The summed E-state index contributed by atoms with van der Waals surface area (Å²) in [5, 5.41) is 11.7. The molecule has 0 aromatic heterocycles. The standard InChI is InChI=1S/C20H23N3O4S/c1-4-15(2)23(20(24)22-18-9-5-16(13-21)6-10-18)14-17-7-11-19(12-8-17)27-28(3,25)26/h5-12,15H,4,14H2,1-3H3,(H,22,24). The molecule has 7 nitrogen and oxygen atoms in total. The van der Waals surface area contributed by atoms with Crippen LogP contribution in [0.25, 0.3) is 0 Å². The number of urea groups is 1. The summed E-state index contributed by atoms with van der Waals surface area (Å²) in [6.07, 6.45) is 1.76. The SMILES string of the molecule is CCC(C)N(Cc1ccc(OS(C)(=O)=O)cc1)C(=O)Nc1ccc(C#N)cc1. The summed E-state index contributed by atoms with van der Waals surface area (Å²) in [5.74, 6) is 0.225. The zero-order valence-corrected chi connectivity index (χ0v) is 16.9. The summed E-state index contributed by atoms with van der Waals surface area (Å²) in [4.78, 5) is 14.5. The lowest BCUT2D eigenvalue weighted by Gasteiger charge is -2.29. The number of rotatable bonds is 7. The van der Waals surface area contributed by atoms with Crippen LogP contribution in [-0.4, -0.2) is 31.6 Å². The molecule has 0 heterocycles. The fraction of sp³-hybridized carbons (Fsp3) is 0.300. The van der Waals surface area contributed by atoms with Crippen molar-refractivity contribution in [1.29, 1.82) is 5.26 Å². The molecule has 0 fully saturated rings. The Hall–Kier alpha value is -3.05. The molecule has 0 radical (unpaired) electrons. The molecular weight excluding hydrogens is 378 g/mol. The minimum Gasteiger partial charge on any atom is -0.383 e. The summed E-state index contributed by atoms with van der Waals surface area (Å²) in [5.41, 5.74) is 1.97. The third kappa shape index (κ3) is 6.28. The smallest absolute Gasteiger partial charge is 0.322 e. The largest absolute Gasteiger partial charge is 0.383 e. The van der Waals surface area contributed by atoms with Gasteiger partial charge in [0.15, 0.2) is 0 Å². The predicted octanol–water partition coefficient (Wildman–Crippen LogP) is 3.73. The van der Waals surface area contributed by atoms with E-state index >= 15 is 0 Å². The van der Waals surface area contributed by atoms with E-state index in [4.69, 9.17) is 9.44 Å². The van der Waals surface area contributed by atoms with E-state index in [0.29, 0.717) is 17.8 Å². The molecule has 0 aliphatic rings. The lowest BCUT2D eigenvalue weighted by Crippen LogP contribution is -2.40. The second-order valence-corrected chi connectivity index (χ2v) is 8.01. The summed E-state index contributed by atoms with van der Waals surface area (Å²) in [6, 6.07) is 15.0. The molecule has 0 bridgehead atoms. The van der Waals surface area contributed by atoms with Crippen LogP contribution in [0, 0.1) is 11.3 Å². The van der Waals surface area contributed by atoms with E-state index in [-0.39, 0.29) is 17.8 Å². The van der Waals surface area contributed by atoms with Crippen LogP contribution < -0.4 is 9.50 Å².